The zero-order valence-electron chi connectivity index (χ0n) is 12.2. The molecule has 0 aliphatic rings. The SMILES string of the molecule is CCC(C)(C)N(C)c1ncnc(OC(C)C)c1N. The third kappa shape index (κ3) is 3.03. The molecule has 2 N–H and O–H groups in total. The summed E-state index contributed by atoms with van der Waals surface area (Å²) in [6, 6.07) is 0. The van der Waals surface area contributed by atoms with E-state index >= 15 is 0 Å². The monoisotopic (exact) mass is 252 g/mol. The Kier molecular flexibility index (Phi) is 4.38. The van der Waals surface area contributed by atoms with Crippen LogP contribution in [0.25, 0.3) is 0 Å². The van der Waals surface area contributed by atoms with Crippen molar-refractivity contribution in [2.75, 3.05) is 17.7 Å². The Balaban J connectivity index is 3.11. The third-order valence-electron chi connectivity index (χ3n) is 3.26. The fourth-order valence-electron chi connectivity index (χ4n) is 1.48. The summed E-state index contributed by atoms with van der Waals surface area (Å²) in [5.74, 6) is 1.17. The molecular weight excluding hydrogens is 228 g/mol. The van der Waals surface area contributed by atoms with Gasteiger partial charge < -0.3 is 15.4 Å². The van der Waals surface area contributed by atoms with Crippen molar-refractivity contribution in [3.63, 3.8) is 0 Å². The lowest BCUT2D eigenvalue weighted by Gasteiger charge is -2.36. The highest BCUT2D eigenvalue weighted by Crippen LogP contribution is 2.32. The maximum absolute atomic E-state index is 6.09. The van der Waals surface area contributed by atoms with Crippen LogP contribution < -0.4 is 15.4 Å². The number of hydrogen-bond acceptors (Lipinski definition) is 5. The van der Waals surface area contributed by atoms with E-state index in [1.54, 1.807) is 0 Å². The number of rotatable bonds is 5. The van der Waals surface area contributed by atoms with Crippen molar-refractivity contribution in [1.29, 1.82) is 0 Å². The number of nitrogens with zero attached hydrogens (tertiary/aromatic N) is 3. The van der Waals surface area contributed by atoms with E-state index in [0.717, 1.165) is 6.42 Å². The quantitative estimate of drug-likeness (QED) is 0.872. The van der Waals surface area contributed by atoms with Gasteiger partial charge in [-0.3, -0.25) is 0 Å². The number of ether oxygens (including phenoxy) is 1. The summed E-state index contributed by atoms with van der Waals surface area (Å²) in [6.07, 6.45) is 2.53. The highest BCUT2D eigenvalue weighted by molar-refractivity contribution is 5.68. The molecule has 0 bridgehead atoms. The predicted octanol–water partition coefficient (Wildman–Crippen LogP) is 2.47. The number of nitrogen functional groups attached to an aromatic ring is 1. The molecule has 1 aromatic rings. The van der Waals surface area contributed by atoms with Crippen LogP contribution in [0.1, 0.15) is 41.0 Å². The molecule has 5 heteroatoms. The van der Waals surface area contributed by atoms with E-state index in [2.05, 4.69) is 35.6 Å². The van der Waals surface area contributed by atoms with Crippen LogP contribution in [0.3, 0.4) is 0 Å². The van der Waals surface area contributed by atoms with E-state index in [9.17, 15) is 0 Å². The van der Waals surface area contributed by atoms with Gasteiger partial charge in [0.2, 0.25) is 5.88 Å². The van der Waals surface area contributed by atoms with Crippen LogP contribution in [0.15, 0.2) is 6.33 Å². The smallest absolute Gasteiger partial charge is 0.242 e. The molecule has 0 atom stereocenters. The lowest BCUT2D eigenvalue weighted by atomic mass is 10.00. The summed E-state index contributed by atoms with van der Waals surface area (Å²) in [7, 11) is 1.99. The van der Waals surface area contributed by atoms with E-state index in [-0.39, 0.29) is 11.6 Å². The maximum atomic E-state index is 6.09. The van der Waals surface area contributed by atoms with Gasteiger partial charge in [0.05, 0.1) is 6.10 Å². The Labute approximate surface area is 109 Å². The first-order valence-corrected chi connectivity index (χ1v) is 6.30. The van der Waals surface area contributed by atoms with Gasteiger partial charge in [0.15, 0.2) is 5.82 Å². The zero-order valence-corrected chi connectivity index (χ0v) is 12.2. The lowest BCUT2D eigenvalue weighted by Crippen LogP contribution is -2.41. The Morgan fingerprint density at radius 3 is 2.50 bits per heavy atom. The standard InChI is InChI=1S/C13H24N4O/c1-7-13(4,5)17(6)11-10(14)12(16-8-15-11)18-9(2)3/h8-9H,7,14H2,1-6H3. The molecule has 0 saturated carbocycles. The first kappa shape index (κ1) is 14.5. The van der Waals surface area contributed by atoms with Crippen molar-refractivity contribution in [3.8, 4) is 5.88 Å². The van der Waals surface area contributed by atoms with Gasteiger partial charge in [0, 0.05) is 12.6 Å². The van der Waals surface area contributed by atoms with Crippen molar-refractivity contribution < 1.29 is 4.74 Å². The number of aromatic nitrogens is 2. The van der Waals surface area contributed by atoms with Crippen LogP contribution in [-0.4, -0.2) is 28.7 Å². The normalized spacial score (nSPS) is 11.7. The molecule has 0 radical (unpaired) electrons. The van der Waals surface area contributed by atoms with Gasteiger partial charge in [0.25, 0.3) is 0 Å². The van der Waals surface area contributed by atoms with Gasteiger partial charge in [-0.25, -0.2) is 4.98 Å². The average Bonchev–Trinajstić information content (AvgIpc) is 2.30. The molecule has 0 fully saturated rings. The summed E-state index contributed by atoms with van der Waals surface area (Å²) < 4.78 is 5.58. The molecule has 0 amide bonds. The lowest BCUT2D eigenvalue weighted by molar-refractivity contribution is 0.234. The fraction of sp³-hybridized carbons (Fsp3) is 0.692. The van der Waals surface area contributed by atoms with Gasteiger partial charge in [-0.1, -0.05) is 6.92 Å². The highest BCUT2D eigenvalue weighted by Gasteiger charge is 2.25. The Morgan fingerprint density at radius 2 is 2.00 bits per heavy atom. The van der Waals surface area contributed by atoms with Gasteiger partial charge >= 0.3 is 0 Å². The molecule has 0 spiro atoms. The molecule has 1 heterocycles. The molecule has 1 aromatic heterocycles. The molecule has 0 aliphatic carbocycles. The summed E-state index contributed by atoms with van der Waals surface area (Å²) in [5, 5.41) is 0. The Morgan fingerprint density at radius 1 is 1.39 bits per heavy atom. The number of anilines is 2. The topological polar surface area (TPSA) is 64.3 Å². The molecule has 0 saturated heterocycles. The van der Waals surface area contributed by atoms with Gasteiger partial charge in [-0.15, -0.1) is 0 Å². The van der Waals surface area contributed by atoms with E-state index in [0.29, 0.717) is 17.4 Å². The van der Waals surface area contributed by atoms with Crippen molar-refractivity contribution in [3.05, 3.63) is 6.33 Å². The van der Waals surface area contributed by atoms with Crippen molar-refractivity contribution in [2.24, 2.45) is 0 Å². The minimum atomic E-state index is -0.0163. The maximum Gasteiger partial charge on any atom is 0.242 e. The van der Waals surface area contributed by atoms with Crippen LogP contribution in [0.5, 0.6) is 5.88 Å². The Hall–Kier alpha value is -1.52. The third-order valence-corrected chi connectivity index (χ3v) is 3.26. The summed E-state index contributed by atoms with van der Waals surface area (Å²) in [6.45, 7) is 10.3. The second-order valence-corrected chi connectivity index (χ2v) is 5.31. The Bertz CT molecular complexity index is 404. The predicted molar refractivity (Wildman–Crippen MR) is 75.0 cm³/mol. The minimum Gasteiger partial charge on any atom is -0.473 e. The average molecular weight is 252 g/mol. The highest BCUT2D eigenvalue weighted by atomic mass is 16.5. The van der Waals surface area contributed by atoms with E-state index < -0.39 is 0 Å². The van der Waals surface area contributed by atoms with Gasteiger partial charge in [0.1, 0.15) is 12.0 Å². The molecule has 0 aromatic carbocycles. The van der Waals surface area contributed by atoms with Crippen LogP contribution in [0.4, 0.5) is 11.5 Å². The molecule has 18 heavy (non-hydrogen) atoms. The minimum absolute atomic E-state index is 0.0163. The molecule has 5 nitrogen and oxygen atoms in total. The zero-order chi connectivity index (χ0) is 13.9. The van der Waals surface area contributed by atoms with Crippen molar-refractivity contribution in [1.82, 2.24) is 9.97 Å². The second-order valence-electron chi connectivity index (χ2n) is 5.31. The summed E-state index contributed by atoms with van der Waals surface area (Å²) in [5.41, 5.74) is 6.57. The fourth-order valence-corrected chi connectivity index (χ4v) is 1.48. The number of nitrogens with two attached hydrogens (primary N) is 1. The van der Waals surface area contributed by atoms with Crippen LogP contribution in [-0.2, 0) is 0 Å². The van der Waals surface area contributed by atoms with E-state index in [1.807, 2.05) is 20.9 Å². The van der Waals surface area contributed by atoms with E-state index in [4.69, 9.17) is 10.5 Å². The second kappa shape index (κ2) is 5.42. The molecule has 0 aliphatic heterocycles. The first-order valence-electron chi connectivity index (χ1n) is 6.30. The number of hydrogen-bond donors (Lipinski definition) is 1. The van der Waals surface area contributed by atoms with Crippen LogP contribution in [0.2, 0.25) is 0 Å². The first-order chi connectivity index (χ1) is 8.29. The van der Waals surface area contributed by atoms with Crippen LogP contribution >= 0.6 is 0 Å². The van der Waals surface area contributed by atoms with E-state index in [1.165, 1.54) is 6.33 Å². The summed E-state index contributed by atoms with van der Waals surface area (Å²) in [4.78, 5) is 10.4. The molecule has 0 unspecified atom stereocenters. The van der Waals surface area contributed by atoms with Gasteiger partial charge in [-0.2, -0.15) is 4.98 Å². The van der Waals surface area contributed by atoms with Gasteiger partial charge in [-0.05, 0) is 34.1 Å². The molecule has 1 rings (SSSR count). The molecule has 102 valence electrons. The van der Waals surface area contributed by atoms with Crippen molar-refractivity contribution >= 4 is 11.5 Å². The summed E-state index contributed by atoms with van der Waals surface area (Å²) >= 11 is 0. The van der Waals surface area contributed by atoms with Crippen LogP contribution in [0, 0.1) is 0 Å². The largest absolute Gasteiger partial charge is 0.473 e. The van der Waals surface area contributed by atoms with Crippen molar-refractivity contribution in [2.45, 2.75) is 52.7 Å². The molecular formula is C13H24N4O.